The number of halogens is 1. The van der Waals surface area contributed by atoms with Crippen molar-refractivity contribution in [3.05, 3.63) is 106 Å². The lowest BCUT2D eigenvalue weighted by molar-refractivity contribution is -0.113. The Morgan fingerprint density at radius 1 is 0.943 bits per heavy atom. The monoisotopic (exact) mass is 507 g/mol. The molecule has 2 N–H and O–H groups in total. The predicted molar refractivity (Wildman–Crippen MR) is 137 cm³/mol. The number of aliphatic hydroxyl groups is 1. The fraction of sp³-hybridized carbons (Fsp3) is 0.250. The molecule has 0 spiro atoms. The lowest BCUT2D eigenvalue weighted by Crippen LogP contribution is -2.39. The molecule has 0 bridgehead atoms. The van der Waals surface area contributed by atoms with Gasteiger partial charge in [-0.2, -0.15) is 0 Å². The molecule has 2 aliphatic carbocycles. The Morgan fingerprint density at radius 3 is 2.43 bits per heavy atom. The topological polar surface area (TPSA) is 83.5 Å². The summed E-state index contributed by atoms with van der Waals surface area (Å²) in [6, 6.07) is 21.3. The molecular formula is C28H26ClNO4S. The molecule has 0 aliphatic heterocycles. The molecule has 0 fully saturated rings. The highest BCUT2D eigenvalue weighted by Crippen LogP contribution is 2.37. The zero-order chi connectivity index (χ0) is 24.6. The number of ketones is 1. The van der Waals surface area contributed by atoms with Crippen LogP contribution in [0.1, 0.15) is 35.1 Å². The van der Waals surface area contributed by atoms with Crippen LogP contribution in [0.2, 0.25) is 5.02 Å². The maximum Gasteiger partial charge on any atom is 0.240 e. The molecule has 0 saturated heterocycles. The molecule has 0 heterocycles. The zero-order valence-corrected chi connectivity index (χ0v) is 20.6. The number of Topliss-reactive ketones (excluding diaryl/α,β-unsaturated/α-hetero) is 1. The Balaban J connectivity index is 1.33. The predicted octanol–water partition coefficient (Wildman–Crippen LogP) is 5.28. The van der Waals surface area contributed by atoms with E-state index in [2.05, 4.69) is 10.8 Å². The van der Waals surface area contributed by atoms with Crippen molar-refractivity contribution in [1.82, 2.24) is 4.72 Å². The second-order valence-corrected chi connectivity index (χ2v) is 11.4. The van der Waals surface area contributed by atoms with E-state index in [9.17, 15) is 18.3 Å². The van der Waals surface area contributed by atoms with Crippen molar-refractivity contribution in [2.24, 2.45) is 5.92 Å². The molecule has 35 heavy (non-hydrogen) atoms. The number of aliphatic hydroxyl groups excluding tert-OH is 1. The van der Waals surface area contributed by atoms with Crippen molar-refractivity contribution in [3.8, 4) is 0 Å². The molecule has 2 aliphatic rings. The van der Waals surface area contributed by atoms with Crippen LogP contribution in [0.3, 0.4) is 0 Å². The van der Waals surface area contributed by atoms with Crippen molar-refractivity contribution in [2.75, 3.05) is 0 Å². The van der Waals surface area contributed by atoms with Crippen LogP contribution in [0.4, 0.5) is 0 Å². The number of hydrogen-bond acceptors (Lipinski definition) is 4. The summed E-state index contributed by atoms with van der Waals surface area (Å²) in [6.07, 6.45) is 2.88. The number of sulfonamides is 1. The van der Waals surface area contributed by atoms with E-state index in [1.165, 1.54) is 17.7 Å². The highest BCUT2D eigenvalue weighted by Gasteiger charge is 2.34. The maximum atomic E-state index is 12.8. The van der Waals surface area contributed by atoms with Crippen molar-refractivity contribution >= 4 is 33.0 Å². The van der Waals surface area contributed by atoms with E-state index in [0.29, 0.717) is 36.3 Å². The van der Waals surface area contributed by atoms with Gasteiger partial charge >= 0.3 is 0 Å². The van der Waals surface area contributed by atoms with E-state index in [1.54, 1.807) is 12.1 Å². The molecule has 3 aromatic carbocycles. The van der Waals surface area contributed by atoms with Gasteiger partial charge in [-0.1, -0.05) is 60.1 Å². The summed E-state index contributed by atoms with van der Waals surface area (Å²) in [4.78, 5) is 12.9. The van der Waals surface area contributed by atoms with Crippen LogP contribution >= 0.6 is 11.6 Å². The third-order valence-corrected chi connectivity index (χ3v) is 8.70. The molecule has 2 atom stereocenters. The highest BCUT2D eigenvalue weighted by atomic mass is 35.5. The smallest absolute Gasteiger partial charge is 0.240 e. The summed E-state index contributed by atoms with van der Waals surface area (Å²) in [7, 11) is -3.64. The van der Waals surface area contributed by atoms with Gasteiger partial charge in [0, 0.05) is 23.4 Å². The molecule has 5 rings (SSSR count). The van der Waals surface area contributed by atoms with Gasteiger partial charge in [-0.3, -0.25) is 4.79 Å². The van der Waals surface area contributed by atoms with Crippen LogP contribution in [0.25, 0.3) is 5.57 Å². The first kappa shape index (κ1) is 23.8. The van der Waals surface area contributed by atoms with E-state index < -0.39 is 10.0 Å². The molecule has 5 nitrogen and oxygen atoms in total. The van der Waals surface area contributed by atoms with Crippen molar-refractivity contribution in [3.63, 3.8) is 0 Å². The van der Waals surface area contributed by atoms with Crippen LogP contribution in [-0.4, -0.2) is 25.3 Å². The van der Waals surface area contributed by atoms with Crippen molar-refractivity contribution in [2.45, 2.75) is 43.0 Å². The molecule has 0 aromatic heterocycles. The summed E-state index contributed by atoms with van der Waals surface area (Å²) in [6.45, 7) is 0. The van der Waals surface area contributed by atoms with Crippen molar-refractivity contribution in [1.29, 1.82) is 0 Å². The van der Waals surface area contributed by atoms with Gasteiger partial charge < -0.3 is 5.11 Å². The minimum Gasteiger partial charge on any atom is -0.511 e. The molecule has 3 aromatic rings. The van der Waals surface area contributed by atoms with Crippen LogP contribution in [-0.2, 0) is 34.1 Å². The number of rotatable bonds is 6. The van der Waals surface area contributed by atoms with Crippen LogP contribution in [0, 0.1) is 5.92 Å². The number of hydrogen-bond donors (Lipinski definition) is 2. The van der Waals surface area contributed by atoms with Crippen LogP contribution < -0.4 is 4.72 Å². The molecule has 0 radical (unpaired) electrons. The van der Waals surface area contributed by atoms with Gasteiger partial charge in [-0.25, -0.2) is 13.1 Å². The molecule has 7 heteroatoms. The molecule has 180 valence electrons. The molecule has 0 amide bonds. The average Bonchev–Trinajstić information content (AvgIpc) is 3.12. The highest BCUT2D eigenvalue weighted by molar-refractivity contribution is 7.89. The summed E-state index contributed by atoms with van der Waals surface area (Å²) in [5.74, 6) is -0.103. The van der Waals surface area contributed by atoms with Gasteiger partial charge in [-0.05, 0) is 72.2 Å². The van der Waals surface area contributed by atoms with E-state index in [-0.39, 0.29) is 28.4 Å². The SMILES string of the molecule is O=C1CC(Cc2cccc3c2CCC(NS(=O)(=O)c2ccc(Cl)cc2)C3)C(O)=C1c1ccccc1. The van der Waals surface area contributed by atoms with E-state index >= 15 is 0 Å². The second-order valence-electron chi connectivity index (χ2n) is 9.22. The van der Waals surface area contributed by atoms with Gasteiger partial charge in [0.15, 0.2) is 5.78 Å². The number of fused-ring (bicyclic) bond motifs is 1. The van der Waals surface area contributed by atoms with Crippen molar-refractivity contribution < 1.29 is 18.3 Å². The molecule has 2 unspecified atom stereocenters. The minimum absolute atomic E-state index is 0.0276. The van der Waals surface area contributed by atoms with Gasteiger partial charge in [0.2, 0.25) is 10.0 Å². The standard InChI is InChI=1S/C28H26ClNO4S/c29-22-9-12-24(13-10-22)35(33,34)30-23-11-14-25-19(7-4-8-20(25)16-23)15-21-17-26(31)27(28(21)32)18-5-2-1-3-6-18/h1-10,12-13,21,23,30,32H,11,14-17H2. The lowest BCUT2D eigenvalue weighted by atomic mass is 9.83. The van der Waals surface area contributed by atoms with E-state index in [4.69, 9.17) is 11.6 Å². The maximum absolute atomic E-state index is 12.8. The summed E-state index contributed by atoms with van der Waals surface area (Å²) >= 11 is 5.89. The number of benzene rings is 3. The largest absolute Gasteiger partial charge is 0.511 e. The first-order chi connectivity index (χ1) is 16.8. The van der Waals surface area contributed by atoms with Gasteiger partial charge in [-0.15, -0.1) is 0 Å². The lowest BCUT2D eigenvalue weighted by Gasteiger charge is -2.27. The van der Waals surface area contributed by atoms with E-state index in [0.717, 1.165) is 23.1 Å². The zero-order valence-electron chi connectivity index (χ0n) is 19.1. The number of nitrogens with one attached hydrogen (secondary N) is 1. The Kier molecular flexibility index (Phi) is 6.53. The first-order valence-corrected chi connectivity index (χ1v) is 13.6. The quantitative estimate of drug-likeness (QED) is 0.475. The number of carbonyl (C=O) groups is 1. The van der Waals surface area contributed by atoms with Crippen LogP contribution in [0.5, 0.6) is 0 Å². The third-order valence-electron chi connectivity index (χ3n) is 6.91. The fourth-order valence-corrected chi connectivity index (χ4v) is 6.59. The van der Waals surface area contributed by atoms with Gasteiger partial charge in [0.1, 0.15) is 5.76 Å². The summed E-state index contributed by atoms with van der Waals surface area (Å²) in [5.41, 5.74) is 4.59. The summed E-state index contributed by atoms with van der Waals surface area (Å²) < 4.78 is 28.5. The number of carbonyl (C=O) groups excluding carboxylic acids is 1. The minimum atomic E-state index is -3.64. The fourth-order valence-electron chi connectivity index (χ4n) is 5.20. The summed E-state index contributed by atoms with van der Waals surface area (Å²) in [5, 5.41) is 11.4. The van der Waals surface area contributed by atoms with Gasteiger partial charge in [0.25, 0.3) is 0 Å². The normalized spacial score (nSPS) is 20.2. The Hall–Kier alpha value is -2.93. The van der Waals surface area contributed by atoms with Crippen LogP contribution in [0.15, 0.2) is 83.5 Å². The molecule has 0 saturated carbocycles. The second kappa shape index (κ2) is 9.61. The van der Waals surface area contributed by atoms with Gasteiger partial charge in [0.05, 0.1) is 10.5 Å². The van der Waals surface area contributed by atoms with E-state index in [1.807, 2.05) is 42.5 Å². The number of allylic oxidation sites excluding steroid dienone is 2. The average molecular weight is 508 g/mol. The Bertz CT molecular complexity index is 1400. The Labute approximate surface area is 210 Å². The Morgan fingerprint density at radius 2 is 1.69 bits per heavy atom. The molecular weight excluding hydrogens is 482 g/mol. The first-order valence-electron chi connectivity index (χ1n) is 11.7. The third kappa shape index (κ3) is 4.92.